The molecule has 1 aliphatic carbocycles. The van der Waals surface area contributed by atoms with Crippen LogP contribution in [0.2, 0.25) is 0 Å². The third kappa shape index (κ3) is 3.04. The van der Waals surface area contributed by atoms with Crippen molar-refractivity contribution < 1.29 is 9.32 Å². The van der Waals surface area contributed by atoms with E-state index in [2.05, 4.69) is 32.5 Å². The number of nitrogens with zero attached hydrogens (tertiary/aromatic N) is 6. The molecule has 0 saturated heterocycles. The van der Waals surface area contributed by atoms with Crippen LogP contribution in [0.1, 0.15) is 41.5 Å². The quantitative estimate of drug-likeness (QED) is 0.523. The van der Waals surface area contributed by atoms with Crippen molar-refractivity contribution in [3.05, 3.63) is 65.4 Å². The van der Waals surface area contributed by atoms with Crippen molar-refractivity contribution in [2.45, 2.75) is 38.1 Å². The molecule has 3 aromatic heterocycles. The molecule has 6 rings (SSSR count). The Balaban J connectivity index is 1.21. The smallest absolute Gasteiger partial charge is 0.258 e. The van der Waals surface area contributed by atoms with Gasteiger partial charge in [-0.15, -0.1) is 10.2 Å². The maximum atomic E-state index is 12.9. The molecule has 0 spiro atoms. The number of amides is 1. The molecule has 0 atom stereocenters. The fraction of sp³-hybridized carbons (Fsp3) is 0.318. The minimum atomic E-state index is 0.0638. The summed E-state index contributed by atoms with van der Waals surface area (Å²) in [6.07, 6.45) is 5.22. The number of carbonyl (C=O) groups is 1. The summed E-state index contributed by atoms with van der Waals surface area (Å²) in [4.78, 5) is 19.3. The van der Waals surface area contributed by atoms with Crippen molar-refractivity contribution in [3.63, 3.8) is 0 Å². The van der Waals surface area contributed by atoms with Crippen molar-refractivity contribution in [1.82, 2.24) is 29.6 Å². The van der Waals surface area contributed by atoms with Gasteiger partial charge in [0, 0.05) is 30.8 Å². The highest BCUT2D eigenvalue weighted by Gasteiger charge is 2.29. The maximum absolute atomic E-state index is 12.9. The van der Waals surface area contributed by atoms with E-state index < -0.39 is 0 Å². The van der Waals surface area contributed by atoms with Gasteiger partial charge < -0.3 is 9.42 Å². The second-order valence-corrected chi connectivity index (χ2v) is 8.00. The van der Waals surface area contributed by atoms with Crippen LogP contribution >= 0.6 is 0 Å². The second kappa shape index (κ2) is 6.76. The normalized spacial score (nSPS) is 16.1. The lowest BCUT2D eigenvalue weighted by atomic mass is 10.00. The van der Waals surface area contributed by atoms with Crippen molar-refractivity contribution in [2.24, 2.45) is 0 Å². The first kappa shape index (κ1) is 17.3. The number of carbonyl (C=O) groups excluding carboxylic acids is 1. The van der Waals surface area contributed by atoms with Gasteiger partial charge >= 0.3 is 0 Å². The summed E-state index contributed by atoms with van der Waals surface area (Å²) < 4.78 is 7.25. The fourth-order valence-electron chi connectivity index (χ4n) is 4.01. The van der Waals surface area contributed by atoms with E-state index in [1.807, 2.05) is 39.8 Å². The average molecular weight is 400 g/mol. The maximum Gasteiger partial charge on any atom is 0.258 e. The van der Waals surface area contributed by atoms with Crippen LogP contribution in [-0.4, -0.2) is 42.1 Å². The first-order chi connectivity index (χ1) is 14.7. The Labute approximate surface area is 172 Å². The number of hydrogen-bond donors (Lipinski definition) is 0. The van der Waals surface area contributed by atoms with Crippen molar-refractivity contribution >= 4 is 11.6 Å². The standard InChI is InChI=1S/C22H20N6O2/c29-20(27-9-7-14-3-1-2-4-17(14)13-27)12-19-25-24-18-11-16(8-10-28(18)19)22-23-21(26-30-22)15-5-6-15/h1-4,8,10-11,15H,5-7,9,12-13H2. The van der Waals surface area contributed by atoms with E-state index in [0.29, 0.717) is 29.8 Å². The highest BCUT2D eigenvalue weighted by atomic mass is 16.5. The predicted molar refractivity (Wildman–Crippen MR) is 108 cm³/mol. The van der Waals surface area contributed by atoms with E-state index in [-0.39, 0.29) is 12.3 Å². The van der Waals surface area contributed by atoms with Gasteiger partial charge in [-0.05, 0) is 42.5 Å². The Morgan fingerprint density at radius 2 is 2.00 bits per heavy atom. The van der Waals surface area contributed by atoms with Crippen LogP contribution in [0.3, 0.4) is 0 Å². The topological polar surface area (TPSA) is 89.4 Å². The number of pyridine rings is 1. The van der Waals surface area contributed by atoms with Crippen LogP contribution in [0, 0.1) is 0 Å². The van der Waals surface area contributed by atoms with Gasteiger partial charge in [0.2, 0.25) is 5.91 Å². The van der Waals surface area contributed by atoms with Gasteiger partial charge in [0.05, 0.1) is 6.42 Å². The summed E-state index contributed by atoms with van der Waals surface area (Å²) in [6.45, 7) is 1.38. The molecule has 1 aromatic carbocycles. The van der Waals surface area contributed by atoms with E-state index in [1.54, 1.807) is 0 Å². The molecule has 4 aromatic rings. The van der Waals surface area contributed by atoms with Gasteiger partial charge in [-0.1, -0.05) is 29.4 Å². The van der Waals surface area contributed by atoms with Gasteiger partial charge in [-0.2, -0.15) is 4.98 Å². The van der Waals surface area contributed by atoms with E-state index in [9.17, 15) is 4.79 Å². The Bertz CT molecular complexity index is 1260. The Morgan fingerprint density at radius 1 is 1.13 bits per heavy atom. The van der Waals surface area contributed by atoms with Gasteiger partial charge in [-0.25, -0.2) is 0 Å². The minimum Gasteiger partial charge on any atom is -0.338 e. The molecule has 4 heterocycles. The van der Waals surface area contributed by atoms with E-state index in [0.717, 1.165) is 37.2 Å². The first-order valence-electron chi connectivity index (χ1n) is 10.3. The second-order valence-electron chi connectivity index (χ2n) is 8.00. The summed E-state index contributed by atoms with van der Waals surface area (Å²) >= 11 is 0. The van der Waals surface area contributed by atoms with Gasteiger partial charge in [0.1, 0.15) is 5.82 Å². The predicted octanol–water partition coefficient (Wildman–Crippen LogP) is 2.78. The van der Waals surface area contributed by atoms with Gasteiger partial charge in [0.15, 0.2) is 11.5 Å². The van der Waals surface area contributed by atoms with Crippen LogP contribution in [0.25, 0.3) is 17.1 Å². The molecule has 0 unspecified atom stereocenters. The zero-order chi connectivity index (χ0) is 20.1. The molecule has 8 nitrogen and oxygen atoms in total. The van der Waals surface area contributed by atoms with Crippen molar-refractivity contribution in [1.29, 1.82) is 0 Å². The summed E-state index contributed by atoms with van der Waals surface area (Å²) in [6, 6.07) is 12.1. The lowest BCUT2D eigenvalue weighted by Gasteiger charge is -2.28. The third-order valence-electron chi connectivity index (χ3n) is 5.90. The largest absolute Gasteiger partial charge is 0.338 e. The van der Waals surface area contributed by atoms with Gasteiger partial charge in [0.25, 0.3) is 5.89 Å². The van der Waals surface area contributed by atoms with E-state index >= 15 is 0 Å². The number of rotatable bonds is 4. The van der Waals surface area contributed by atoms with Gasteiger partial charge in [-0.3, -0.25) is 9.20 Å². The van der Waals surface area contributed by atoms with Crippen LogP contribution in [0.15, 0.2) is 47.1 Å². The fourth-order valence-corrected chi connectivity index (χ4v) is 4.01. The monoisotopic (exact) mass is 400 g/mol. The molecular formula is C22H20N6O2. The Kier molecular flexibility index (Phi) is 3.90. The zero-order valence-electron chi connectivity index (χ0n) is 16.4. The molecule has 2 aliphatic rings. The molecule has 150 valence electrons. The zero-order valence-corrected chi connectivity index (χ0v) is 16.4. The molecule has 1 saturated carbocycles. The SMILES string of the molecule is O=C(Cc1nnc2cc(-c3nc(C4CC4)no3)ccn12)N1CCc2ccccc2C1. The Morgan fingerprint density at radius 3 is 2.87 bits per heavy atom. The molecule has 0 N–H and O–H groups in total. The molecule has 1 aliphatic heterocycles. The molecular weight excluding hydrogens is 380 g/mol. The minimum absolute atomic E-state index is 0.0638. The third-order valence-corrected chi connectivity index (χ3v) is 5.90. The number of benzene rings is 1. The van der Waals surface area contributed by atoms with E-state index in [4.69, 9.17) is 4.52 Å². The summed E-state index contributed by atoms with van der Waals surface area (Å²) in [5.41, 5.74) is 4.01. The molecule has 1 fully saturated rings. The molecule has 8 heteroatoms. The van der Waals surface area contributed by atoms with Crippen LogP contribution in [0.5, 0.6) is 0 Å². The van der Waals surface area contributed by atoms with Crippen LogP contribution in [-0.2, 0) is 24.2 Å². The molecule has 0 radical (unpaired) electrons. The number of aromatic nitrogens is 5. The lowest BCUT2D eigenvalue weighted by molar-refractivity contribution is -0.131. The van der Waals surface area contributed by atoms with Crippen LogP contribution < -0.4 is 0 Å². The highest BCUT2D eigenvalue weighted by Crippen LogP contribution is 2.38. The Hall–Kier alpha value is -3.55. The summed E-state index contributed by atoms with van der Waals surface area (Å²) in [5, 5.41) is 12.6. The number of fused-ring (bicyclic) bond motifs is 2. The lowest BCUT2D eigenvalue weighted by Crippen LogP contribution is -2.37. The van der Waals surface area contributed by atoms with Crippen molar-refractivity contribution in [2.75, 3.05) is 6.54 Å². The summed E-state index contributed by atoms with van der Waals surface area (Å²) in [5.74, 6) is 2.41. The van der Waals surface area contributed by atoms with Crippen molar-refractivity contribution in [3.8, 4) is 11.5 Å². The van der Waals surface area contributed by atoms with Crippen LogP contribution in [0.4, 0.5) is 0 Å². The number of hydrogen-bond acceptors (Lipinski definition) is 6. The average Bonchev–Trinajstić information content (AvgIpc) is 3.38. The molecule has 0 bridgehead atoms. The highest BCUT2D eigenvalue weighted by molar-refractivity contribution is 5.78. The molecule has 1 amide bonds. The molecule has 30 heavy (non-hydrogen) atoms. The summed E-state index contributed by atoms with van der Waals surface area (Å²) in [7, 11) is 0. The first-order valence-corrected chi connectivity index (χ1v) is 10.3. The van der Waals surface area contributed by atoms with E-state index in [1.165, 1.54) is 11.1 Å².